The minimum Gasteiger partial charge on any atom is -0.309 e. The molecule has 0 bridgehead atoms. The Morgan fingerprint density at radius 3 is 2.74 bits per heavy atom. The third-order valence-electron chi connectivity index (χ3n) is 8.16. The lowest BCUT2D eigenvalue weighted by molar-refractivity contribution is -0.143. The second-order valence-electron chi connectivity index (χ2n) is 11.5. The molecule has 232 valence electrons. The highest BCUT2D eigenvalue weighted by Crippen LogP contribution is 2.26. The van der Waals surface area contributed by atoms with Gasteiger partial charge in [0.25, 0.3) is 0 Å². The smallest absolute Gasteiger partial charge is 0.309 e. The van der Waals surface area contributed by atoms with Gasteiger partial charge in [-0.2, -0.15) is 13.2 Å². The summed E-state index contributed by atoms with van der Waals surface area (Å²) in [6.07, 6.45) is 2.71. The highest BCUT2D eigenvalue weighted by atomic mass is 19.4. The molecular weight excluding hydrogens is 567 g/mol. The van der Waals surface area contributed by atoms with Crippen LogP contribution in [0, 0.1) is 11.6 Å². The molecule has 1 aliphatic heterocycles. The number of nitrogens with one attached hydrogen (secondary N) is 3. The van der Waals surface area contributed by atoms with E-state index in [2.05, 4.69) is 20.9 Å². The Hall–Kier alpha value is -3.35. The number of rotatable bonds is 11. The number of carbonyl (C=O) groups excluding carboxylic acids is 1. The van der Waals surface area contributed by atoms with Gasteiger partial charge < -0.3 is 20.5 Å². The first-order chi connectivity index (χ1) is 20.6. The molecule has 0 saturated carbocycles. The molecule has 0 spiro atoms. The fourth-order valence-corrected chi connectivity index (χ4v) is 6.09. The van der Waals surface area contributed by atoms with Gasteiger partial charge in [0.15, 0.2) is 5.82 Å². The average molecular weight is 605 g/mol. The van der Waals surface area contributed by atoms with E-state index in [0.717, 1.165) is 23.7 Å². The average Bonchev–Trinajstić information content (AvgIpc) is 3.60. The van der Waals surface area contributed by atoms with E-state index in [-0.39, 0.29) is 18.0 Å². The predicted octanol–water partition coefficient (Wildman–Crippen LogP) is 5.13. The van der Waals surface area contributed by atoms with Crippen molar-refractivity contribution in [3.8, 4) is 5.69 Å². The van der Waals surface area contributed by atoms with Crippen LogP contribution in [0.15, 0.2) is 48.9 Å². The maximum Gasteiger partial charge on any atom is 0.401 e. The topological polar surface area (TPSA) is 74.2 Å². The van der Waals surface area contributed by atoms with Crippen LogP contribution in [0.25, 0.3) is 5.69 Å². The number of para-hydroxylation sites is 1. The van der Waals surface area contributed by atoms with Crippen LogP contribution in [0.3, 0.4) is 0 Å². The van der Waals surface area contributed by atoms with E-state index in [1.165, 1.54) is 11.0 Å². The van der Waals surface area contributed by atoms with Crippen LogP contribution in [0.5, 0.6) is 0 Å². The van der Waals surface area contributed by atoms with Crippen molar-refractivity contribution in [3.63, 3.8) is 0 Å². The Morgan fingerprint density at radius 2 is 1.95 bits per heavy atom. The van der Waals surface area contributed by atoms with Crippen molar-refractivity contribution in [3.05, 3.63) is 77.2 Å². The van der Waals surface area contributed by atoms with Gasteiger partial charge >= 0.3 is 6.18 Å². The summed E-state index contributed by atoms with van der Waals surface area (Å²) >= 11 is 0. The van der Waals surface area contributed by atoms with Crippen molar-refractivity contribution < 1.29 is 26.7 Å². The van der Waals surface area contributed by atoms with Gasteiger partial charge in [-0.1, -0.05) is 31.5 Å². The van der Waals surface area contributed by atoms with E-state index < -0.39 is 30.4 Å². The summed E-state index contributed by atoms with van der Waals surface area (Å²) in [6.45, 7) is 2.31. The summed E-state index contributed by atoms with van der Waals surface area (Å²) in [7, 11) is 0. The molecule has 0 radical (unpaired) electrons. The fourth-order valence-electron chi connectivity index (χ4n) is 6.09. The minimum atomic E-state index is -4.20. The summed E-state index contributed by atoms with van der Waals surface area (Å²) in [4.78, 5) is 19.1. The van der Waals surface area contributed by atoms with Crippen LogP contribution in [-0.4, -0.2) is 64.3 Å². The second kappa shape index (κ2) is 13.5. The Kier molecular flexibility index (Phi) is 9.78. The Labute approximate surface area is 247 Å². The number of carbonyl (C=O) groups is 1. The highest BCUT2D eigenvalue weighted by Gasteiger charge is 2.34. The van der Waals surface area contributed by atoms with Crippen molar-refractivity contribution in [2.24, 2.45) is 0 Å². The van der Waals surface area contributed by atoms with Gasteiger partial charge in [0, 0.05) is 37.8 Å². The van der Waals surface area contributed by atoms with E-state index in [1.54, 1.807) is 17.1 Å². The number of hydrogen-bond donors (Lipinski definition) is 3. The molecule has 3 N–H and O–H groups in total. The summed E-state index contributed by atoms with van der Waals surface area (Å²) in [6, 6.07) is 9.28. The standard InChI is InChI=1S/C31H37F5N6O/c1-2-5-27(39-23-9-8-20-12-22(32)13-26(33)25(20)14-23)30(43)40-29-17-42(19-38-29)28-7-4-3-6-21(28)15-37-24-10-11-41(16-24)18-31(34,35)36/h3-4,6-7,12-13,17,19,23-24,27,37,39H,2,5,8-11,14-16,18H2,1H3,(H,40,43)/t23-,24?,27-/m0/s1. The second-order valence-corrected chi connectivity index (χ2v) is 11.5. The van der Waals surface area contributed by atoms with Crippen LogP contribution in [-0.2, 0) is 24.2 Å². The molecule has 3 atom stereocenters. The number of nitrogens with zero attached hydrogens (tertiary/aromatic N) is 3. The SMILES string of the molecule is CCC[C@H](N[C@H]1CCc2cc(F)cc(F)c2C1)C(=O)Nc1cn(-c2ccccc2CNC2CCN(CC(F)(F)F)C2)cn1. The van der Waals surface area contributed by atoms with Crippen molar-refractivity contribution in [2.75, 3.05) is 25.0 Å². The monoisotopic (exact) mass is 604 g/mol. The Bertz CT molecular complexity index is 1410. The zero-order valence-corrected chi connectivity index (χ0v) is 24.1. The maximum atomic E-state index is 14.4. The predicted molar refractivity (Wildman–Crippen MR) is 154 cm³/mol. The number of alkyl halides is 3. The number of halogens is 5. The van der Waals surface area contributed by atoms with Gasteiger partial charge in [0.05, 0.1) is 24.5 Å². The zero-order valence-electron chi connectivity index (χ0n) is 24.1. The number of benzene rings is 2. The molecule has 5 rings (SSSR count). The van der Waals surface area contributed by atoms with E-state index in [1.807, 2.05) is 31.2 Å². The first-order valence-electron chi connectivity index (χ1n) is 14.8. The van der Waals surface area contributed by atoms with Crippen LogP contribution in [0.2, 0.25) is 0 Å². The molecule has 43 heavy (non-hydrogen) atoms. The number of imidazole rings is 1. The lowest BCUT2D eigenvalue weighted by atomic mass is 9.87. The number of anilines is 1. The number of aromatic nitrogens is 2. The third-order valence-corrected chi connectivity index (χ3v) is 8.16. The van der Waals surface area contributed by atoms with Crippen LogP contribution < -0.4 is 16.0 Å². The normalized spacial score (nSPS) is 19.8. The largest absolute Gasteiger partial charge is 0.401 e. The van der Waals surface area contributed by atoms with Crippen molar-refractivity contribution in [1.82, 2.24) is 25.1 Å². The fraction of sp³-hybridized carbons (Fsp3) is 0.484. The quantitative estimate of drug-likeness (QED) is 0.265. The third kappa shape index (κ3) is 8.18. The molecule has 7 nitrogen and oxygen atoms in total. The minimum absolute atomic E-state index is 0.0358. The molecule has 1 aromatic heterocycles. The van der Waals surface area contributed by atoms with Crippen LogP contribution in [0.1, 0.15) is 49.3 Å². The Morgan fingerprint density at radius 1 is 1.14 bits per heavy atom. The molecule has 2 aromatic carbocycles. The summed E-state index contributed by atoms with van der Waals surface area (Å²) < 4.78 is 68.1. The number of fused-ring (bicyclic) bond motifs is 1. The van der Waals surface area contributed by atoms with Gasteiger partial charge in [0.2, 0.25) is 5.91 Å². The van der Waals surface area contributed by atoms with Gasteiger partial charge in [-0.25, -0.2) is 13.8 Å². The maximum absolute atomic E-state index is 14.4. The van der Waals surface area contributed by atoms with E-state index >= 15 is 0 Å². The van der Waals surface area contributed by atoms with Gasteiger partial charge in [0.1, 0.15) is 18.0 Å². The molecule has 2 aliphatic rings. The van der Waals surface area contributed by atoms with E-state index in [4.69, 9.17) is 0 Å². The summed E-state index contributed by atoms with van der Waals surface area (Å²) in [5.41, 5.74) is 2.97. The molecule has 2 heterocycles. The molecule has 1 fully saturated rings. The summed E-state index contributed by atoms with van der Waals surface area (Å²) in [5.74, 6) is -0.984. The highest BCUT2D eigenvalue weighted by molar-refractivity contribution is 5.94. The molecule has 1 saturated heterocycles. The summed E-state index contributed by atoms with van der Waals surface area (Å²) in [5, 5.41) is 9.66. The first-order valence-corrected chi connectivity index (χ1v) is 14.8. The van der Waals surface area contributed by atoms with Gasteiger partial charge in [-0.05, 0) is 60.9 Å². The molecular formula is C31H37F5N6O. The molecule has 1 aliphatic carbocycles. The molecule has 12 heteroatoms. The van der Waals surface area contributed by atoms with Gasteiger partial charge in [-0.3, -0.25) is 9.69 Å². The Balaban J connectivity index is 1.19. The zero-order chi connectivity index (χ0) is 30.6. The van der Waals surface area contributed by atoms with Crippen LogP contribution >= 0.6 is 0 Å². The van der Waals surface area contributed by atoms with Crippen LogP contribution in [0.4, 0.5) is 27.8 Å². The number of aryl methyl sites for hydroxylation is 1. The lowest BCUT2D eigenvalue weighted by Crippen LogP contribution is -2.48. The van der Waals surface area contributed by atoms with E-state index in [9.17, 15) is 26.7 Å². The van der Waals surface area contributed by atoms with Crippen molar-refractivity contribution >= 4 is 11.7 Å². The lowest BCUT2D eigenvalue weighted by Gasteiger charge is -2.29. The number of amides is 1. The number of hydrogen-bond acceptors (Lipinski definition) is 5. The van der Waals surface area contributed by atoms with Crippen molar-refractivity contribution in [1.29, 1.82) is 0 Å². The molecule has 3 aromatic rings. The van der Waals surface area contributed by atoms with Crippen molar-refractivity contribution in [2.45, 2.75) is 76.3 Å². The van der Waals surface area contributed by atoms with E-state index in [0.29, 0.717) is 68.7 Å². The molecule has 1 unspecified atom stereocenters. The first kappa shape index (κ1) is 31.1. The number of likely N-dealkylation sites (tertiary alicyclic amines) is 1. The molecule has 1 amide bonds. The van der Waals surface area contributed by atoms with Gasteiger partial charge in [-0.15, -0.1) is 0 Å².